The Kier molecular flexibility index (Phi) is 5.69. The number of hydrogen-bond acceptors (Lipinski definition) is 4. The van der Waals surface area contributed by atoms with E-state index in [-0.39, 0.29) is 18.9 Å². The first kappa shape index (κ1) is 18.8. The van der Waals surface area contributed by atoms with Gasteiger partial charge in [0.05, 0.1) is 17.5 Å². The fraction of sp³-hybridized carbons (Fsp3) is 0.238. The van der Waals surface area contributed by atoms with E-state index in [0.717, 1.165) is 22.5 Å². The van der Waals surface area contributed by atoms with Crippen LogP contribution in [0.25, 0.3) is 12.2 Å². The van der Waals surface area contributed by atoms with E-state index in [2.05, 4.69) is 5.32 Å². The van der Waals surface area contributed by atoms with Crippen LogP contribution < -0.4 is 10.2 Å². The summed E-state index contributed by atoms with van der Waals surface area (Å²) in [5.41, 5.74) is 3.44. The summed E-state index contributed by atoms with van der Waals surface area (Å²) in [4.78, 5) is 25.9. The minimum Gasteiger partial charge on any atom is -0.480 e. The molecule has 6 nitrogen and oxygen atoms in total. The van der Waals surface area contributed by atoms with E-state index in [9.17, 15) is 14.7 Å². The van der Waals surface area contributed by atoms with Gasteiger partial charge in [-0.1, -0.05) is 48.6 Å². The van der Waals surface area contributed by atoms with Crippen molar-refractivity contribution < 1.29 is 19.8 Å². The van der Waals surface area contributed by atoms with Crippen LogP contribution in [0.15, 0.2) is 48.5 Å². The van der Waals surface area contributed by atoms with Gasteiger partial charge in [0.25, 0.3) is 0 Å². The highest BCUT2D eigenvalue weighted by molar-refractivity contribution is 6.06. The Morgan fingerprint density at radius 1 is 1.00 bits per heavy atom. The summed E-state index contributed by atoms with van der Waals surface area (Å²) in [7, 11) is 0. The van der Waals surface area contributed by atoms with Crippen LogP contribution in [0.5, 0.6) is 0 Å². The molecule has 0 spiro atoms. The minimum atomic E-state index is -1.15. The third-order valence-corrected chi connectivity index (χ3v) is 4.50. The Labute approximate surface area is 157 Å². The fourth-order valence-electron chi connectivity index (χ4n) is 3.15. The number of anilines is 2. The van der Waals surface area contributed by atoms with Gasteiger partial charge in [-0.15, -0.1) is 0 Å². The van der Waals surface area contributed by atoms with Crippen LogP contribution in [0.3, 0.4) is 0 Å². The lowest BCUT2D eigenvalue weighted by Gasteiger charge is -2.25. The number of aliphatic carboxylic acids is 1. The number of aliphatic hydroxyl groups excluding tert-OH is 1. The molecule has 6 heteroatoms. The number of fused-ring (bicyclic) bond motifs is 2. The van der Waals surface area contributed by atoms with Gasteiger partial charge in [0, 0.05) is 13.0 Å². The highest BCUT2D eigenvalue weighted by Gasteiger charge is 2.25. The van der Waals surface area contributed by atoms with E-state index >= 15 is 0 Å². The summed E-state index contributed by atoms with van der Waals surface area (Å²) < 4.78 is 0. The molecule has 0 saturated carbocycles. The lowest BCUT2D eigenvalue weighted by molar-refractivity contribution is -0.142. The van der Waals surface area contributed by atoms with Crippen molar-refractivity contribution in [2.45, 2.75) is 25.5 Å². The van der Waals surface area contributed by atoms with Gasteiger partial charge in [-0.05, 0) is 30.2 Å². The summed E-state index contributed by atoms with van der Waals surface area (Å²) in [5, 5.41) is 21.4. The summed E-state index contributed by atoms with van der Waals surface area (Å²) >= 11 is 0. The third-order valence-electron chi connectivity index (χ3n) is 4.50. The number of carbonyl (C=O) groups is 2. The first-order valence-corrected chi connectivity index (χ1v) is 8.82. The first-order valence-electron chi connectivity index (χ1n) is 8.82. The summed E-state index contributed by atoms with van der Waals surface area (Å²) in [6.45, 7) is 1.55. The second kappa shape index (κ2) is 8.16. The molecule has 0 aromatic heterocycles. The number of carbonyl (C=O) groups excluding carboxylic acids is 1. The monoisotopic (exact) mass is 366 g/mol. The number of nitrogens with one attached hydrogen (secondary N) is 1. The first-order chi connectivity index (χ1) is 13.0. The largest absolute Gasteiger partial charge is 0.480 e. The standard InChI is InChI=1S/C21H22N2O4/c1-14(24)20(21(26)27)22-13-12-19(25)23-17-8-4-2-6-15(17)10-11-16-7-3-5-9-18(16)23/h2-11,14,20,22,24H,12-13H2,1H3,(H,26,27)/t14-,20+/m1/s1. The average molecular weight is 366 g/mol. The van der Waals surface area contributed by atoms with Gasteiger partial charge in [0.2, 0.25) is 5.91 Å². The van der Waals surface area contributed by atoms with E-state index < -0.39 is 18.1 Å². The average Bonchev–Trinajstić information content (AvgIpc) is 2.81. The molecule has 0 saturated heterocycles. The Hall–Kier alpha value is -2.96. The fourth-order valence-corrected chi connectivity index (χ4v) is 3.15. The zero-order valence-corrected chi connectivity index (χ0v) is 15.0. The topological polar surface area (TPSA) is 89.9 Å². The molecule has 3 N–H and O–H groups in total. The summed E-state index contributed by atoms with van der Waals surface area (Å²) in [6.07, 6.45) is 3.00. The number of carboxylic acids is 1. The number of carboxylic acid groups (broad SMARTS) is 1. The Bertz CT molecular complexity index is 826. The molecule has 1 aliphatic rings. The maximum Gasteiger partial charge on any atom is 0.323 e. The van der Waals surface area contributed by atoms with E-state index in [1.807, 2.05) is 60.7 Å². The lowest BCUT2D eigenvalue weighted by Crippen LogP contribution is -2.46. The molecule has 2 aromatic rings. The van der Waals surface area contributed by atoms with Gasteiger partial charge < -0.3 is 15.5 Å². The second-order valence-electron chi connectivity index (χ2n) is 6.44. The number of para-hydroxylation sites is 2. The predicted octanol–water partition coefficient (Wildman–Crippen LogP) is 2.65. The van der Waals surface area contributed by atoms with Gasteiger partial charge >= 0.3 is 5.97 Å². The molecular weight excluding hydrogens is 344 g/mol. The van der Waals surface area contributed by atoms with Gasteiger partial charge in [0.15, 0.2) is 0 Å². The number of rotatable bonds is 6. The number of benzene rings is 2. The molecule has 3 rings (SSSR count). The number of amides is 1. The van der Waals surface area contributed by atoms with Gasteiger partial charge in [-0.3, -0.25) is 14.5 Å². The molecule has 2 atom stereocenters. The maximum atomic E-state index is 13.0. The van der Waals surface area contributed by atoms with Crippen LogP contribution in [0.2, 0.25) is 0 Å². The van der Waals surface area contributed by atoms with Crippen LogP contribution in [-0.2, 0) is 9.59 Å². The second-order valence-corrected chi connectivity index (χ2v) is 6.44. The molecule has 0 radical (unpaired) electrons. The third kappa shape index (κ3) is 4.07. The normalized spacial score (nSPS) is 14.7. The highest BCUT2D eigenvalue weighted by Crippen LogP contribution is 2.36. The van der Waals surface area contributed by atoms with Crippen LogP contribution in [0.1, 0.15) is 24.5 Å². The van der Waals surface area contributed by atoms with E-state index in [4.69, 9.17) is 5.11 Å². The Morgan fingerprint density at radius 3 is 2.00 bits per heavy atom. The van der Waals surface area contributed by atoms with Gasteiger partial charge in [-0.25, -0.2) is 0 Å². The number of nitrogens with zero attached hydrogens (tertiary/aromatic N) is 1. The Morgan fingerprint density at radius 2 is 1.52 bits per heavy atom. The molecule has 1 aliphatic heterocycles. The molecule has 27 heavy (non-hydrogen) atoms. The number of aliphatic hydroxyl groups is 1. The highest BCUT2D eigenvalue weighted by atomic mass is 16.4. The smallest absolute Gasteiger partial charge is 0.323 e. The van der Waals surface area contributed by atoms with E-state index in [0.29, 0.717) is 0 Å². The van der Waals surface area contributed by atoms with Crippen molar-refractivity contribution in [1.82, 2.24) is 5.32 Å². The van der Waals surface area contributed by atoms with Crippen LogP contribution >= 0.6 is 0 Å². The van der Waals surface area contributed by atoms with Crippen molar-refractivity contribution in [3.63, 3.8) is 0 Å². The molecule has 0 bridgehead atoms. The molecular formula is C21H22N2O4. The molecule has 0 unspecified atom stereocenters. The molecule has 140 valence electrons. The van der Waals surface area contributed by atoms with Gasteiger partial charge in [0.1, 0.15) is 6.04 Å². The van der Waals surface area contributed by atoms with Crippen molar-refractivity contribution in [3.05, 3.63) is 59.7 Å². The molecule has 0 fully saturated rings. The quantitative estimate of drug-likeness (QED) is 0.731. The van der Waals surface area contributed by atoms with Crippen molar-refractivity contribution >= 4 is 35.4 Å². The maximum absolute atomic E-state index is 13.0. The zero-order chi connectivity index (χ0) is 19.4. The number of hydrogen-bond donors (Lipinski definition) is 3. The zero-order valence-electron chi connectivity index (χ0n) is 15.0. The van der Waals surface area contributed by atoms with Crippen LogP contribution in [0, 0.1) is 0 Å². The predicted molar refractivity (Wildman–Crippen MR) is 105 cm³/mol. The molecule has 1 amide bonds. The summed E-state index contributed by atoms with van der Waals surface area (Å²) in [5.74, 6) is -1.30. The molecule has 0 aliphatic carbocycles. The van der Waals surface area contributed by atoms with Crippen molar-refractivity contribution in [3.8, 4) is 0 Å². The summed E-state index contributed by atoms with van der Waals surface area (Å²) in [6, 6.07) is 14.2. The van der Waals surface area contributed by atoms with Crippen LogP contribution in [-0.4, -0.2) is 40.8 Å². The molecule has 1 heterocycles. The lowest BCUT2D eigenvalue weighted by atomic mass is 10.1. The van der Waals surface area contributed by atoms with Crippen molar-refractivity contribution in [2.75, 3.05) is 11.4 Å². The molecule has 2 aromatic carbocycles. The van der Waals surface area contributed by atoms with E-state index in [1.165, 1.54) is 6.92 Å². The van der Waals surface area contributed by atoms with Crippen LogP contribution in [0.4, 0.5) is 11.4 Å². The Balaban J connectivity index is 1.84. The van der Waals surface area contributed by atoms with Gasteiger partial charge in [-0.2, -0.15) is 0 Å². The van der Waals surface area contributed by atoms with Crippen molar-refractivity contribution in [1.29, 1.82) is 0 Å². The SMILES string of the molecule is C[C@@H](O)[C@H](NCCC(=O)N1c2ccccc2C=Cc2ccccc21)C(=O)O. The minimum absolute atomic E-state index is 0.0964. The van der Waals surface area contributed by atoms with Crippen molar-refractivity contribution in [2.24, 2.45) is 0 Å². The van der Waals surface area contributed by atoms with E-state index in [1.54, 1.807) is 4.90 Å².